The molecule has 0 bridgehead atoms. The summed E-state index contributed by atoms with van der Waals surface area (Å²) >= 11 is 0. The Morgan fingerprint density at radius 2 is 1.94 bits per heavy atom. The lowest BCUT2D eigenvalue weighted by Gasteiger charge is -2.26. The molecule has 4 rings (SSSR count). The number of carbonyl (C=O) groups is 1. The van der Waals surface area contributed by atoms with Crippen LogP contribution in [0.5, 0.6) is 17.2 Å². The molecule has 2 aliphatic rings. The topological polar surface area (TPSA) is 78.5 Å². The Labute approximate surface area is 213 Å². The summed E-state index contributed by atoms with van der Waals surface area (Å²) in [6, 6.07) is 13.6. The van der Waals surface area contributed by atoms with Gasteiger partial charge in [0, 0.05) is 19.6 Å². The number of hydrogen-bond acceptors (Lipinski definition) is 8. The monoisotopic (exact) mass is 498 g/mol. The Morgan fingerprint density at radius 1 is 1.11 bits per heavy atom. The van der Waals surface area contributed by atoms with Gasteiger partial charge in [0.15, 0.2) is 11.5 Å². The first-order chi connectivity index (χ1) is 17.7. The summed E-state index contributed by atoms with van der Waals surface area (Å²) < 4.78 is 28.3. The summed E-state index contributed by atoms with van der Waals surface area (Å²) in [6.45, 7) is 5.74. The molecular formula is C28H38N2O6. The molecule has 1 unspecified atom stereocenters. The third kappa shape index (κ3) is 7.35. The van der Waals surface area contributed by atoms with Crippen LogP contribution < -0.4 is 19.5 Å². The highest BCUT2D eigenvalue weighted by molar-refractivity contribution is 5.76. The fraction of sp³-hybridized carbons (Fsp3) is 0.536. The van der Waals surface area contributed by atoms with Gasteiger partial charge in [0.05, 0.1) is 27.4 Å². The number of ether oxygens (including phenoxy) is 5. The van der Waals surface area contributed by atoms with E-state index in [2.05, 4.69) is 10.2 Å². The maximum absolute atomic E-state index is 12.9. The zero-order valence-electron chi connectivity index (χ0n) is 21.4. The normalized spacial score (nSPS) is 19.0. The zero-order chi connectivity index (χ0) is 25.2. The van der Waals surface area contributed by atoms with Gasteiger partial charge in [-0.25, -0.2) is 0 Å². The molecule has 0 spiro atoms. The third-order valence-corrected chi connectivity index (χ3v) is 6.76. The summed E-state index contributed by atoms with van der Waals surface area (Å²) in [5.41, 5.74) is 2.02. The van der Waals surface area contributed by atoms with Gasteiger partial charge >= 0.3 is 5.97 Å². The van der Waals surface area contributed by atoms with Crippen LogP contribution in [0.3, 0.4) is 0 Å². The van der Waals surface area contributed by atoms with Crippen molar-refractivity contribution in [1.29, 1.82) is 0 Å². The minimum Gasteiger partial charge on any atom is -0.493 e. The second-order valence-electron chi connectivity index (χ2n) is 9.18. The van der Waals surface area contributed by atoms with Crippen molar-refractivity contribution in [2.75, 3.05) is 60.2 Å². The van der Waals surface area contributed by atoms with E-state index in [0.717, 1.165) is 75.5 Å². The summed E-state index contributed by atoms with van der Waals surface area (Å²) in [6.07, 6.45) is 2.79. The first-order valence-electron chi connectivity index (χ1n) is 12.8. The Balaban J connectivity index is 1.43. The van der Waals surface area contributed by atoms with Crippen molar-refractivity contribution < 1.29 is 28.5 Å². The number of hydrogen-bond donors (Lipinski definition) is 1. The molecule has 36 heavy (non-hydrogen) atoms. The number of aryl methyl sites for hydroxylation is 1. The molecule has 0 aliphatic carbocycles. The average Bonchev–Trinajstić information content (AvgIpc) is 3.47. The van der Waals surface area contributed by atoms with E-state index in [4.69, 9.17) is 23.7 Å². The summed E-state index contributed by atoms with van der Waals surface area (Å²) in [4.78, 5) is 15.2. The Bertz CT molecular complexity index is 972. The van der Waals surface area contributed by atoms with Crippen LogP contribution in [0.25, 0.3) is 0 Å². The van der Waals surface area contributed by atoms with Gasteiger partial charge in [-0.2, -0.15) is 0 Å². The van der Waals surface area contributed by atoms with Crippen LogP contribution in [0.4, 0.5) is 0 Å². The van der Waals surface area contributed by atoms with Crippen molar-refractivity contribution in [3.63, 3.8) is 0 Å². The lowest BCUT2D eigenvalue weighted by atomic mass is 10.0. The first kappa shape index (κ1) is 26.3. The predicted octanol–water partition coefficient (Wildman–Crippen LogP) is 3.38. The maximum atomic E-state index is 12.9. The van der Waals surface area contributed by atoms with E-state index < -0.39 is 0 Å². The molecule has 2 fully saturated rings. The quantitative estimate of drug-likeness (QED) is 0.447. The van der Waals surface area contributed by atoms with E-state index >= 15 is 0 Å². The van der Waals surface area contributed by atoms with Crippen molar-refractivity contribution in [2.24, 2.45) is 0 Å². The van der Waals surface area contributed by atoms with Crippen LogP contribution in [-0.4, -0.2) is 77.1 Å². The van der Waals surface area contributed by atoms with E-state index in [1.165, 1.54) is 0 Å². The SMILES string of the molecule is COc1ccc(CCC(OC(=O)[C@@H]2CCCN2)c2cccc(OCCN3CCOCC3)c2)cc1OC. The second kappa shape index (κ2) is 13.5. The number of rotatable bonds is 12. The van der Waals surface area contributed by atoms with Crippen molar-refractivity contribution >= 4 is 5.97 Å². The Morgan fingerprint density at radius 3 is 2.69 bits per heavy atom. The van der Waals surface area contributed by atoms with E-state index in [1.807, 2.05) is 42.5 Å². The van der Waals surface area contributed by atoms with Crippen LogP contribution in [0, 0.1) is 0 Å². The molecule has 1 N–H and O–H groups in total. The van der Waals surface area contributed by atoms with Crippen LogP contribution in [0.2, 0.25) is 0 Å². The lowest BCUT2D eigenvalue weighted by Crippen LogP contribution is -2.38. The van der Waals surface area contributed by atoms with Crippen molar-refractivity contribution in [3.05, 3.63) is 53.6 Å². The molecule has 2 saturated heterocycles. The van der Waals surface area contributed by atoms with Gasteiger partial charge < -0.3 is 29.0 Å². The summed E-state index contributed by atoms with van der Waals surface area (Å²) in [7, 11) is 3.26. The predicted molar refractivity (Wildman–Crippen MR) is 137 cm³/mol. The van der Waals surface area contributed by atoms with Crippen molar-refractivity contribution in [3.8, 4) is 17.2 Å². The average molecular weight is 499 g/mol. The molecule has 8 nitrogen and oxygen atoms in total. The standard InChI is InChI=1S/C28H38N2O6/c1-32-26-11-9-21(19-27(26)33-2)8-10-25(36-28(31)24-7-4-12-29-24)22-5-3-6-23(20-22)35-18-15-30-13-16-34-17-14-30/h3,5-6,9,11,19-20,24-25,29H,4,7-8,10,12-18H2,1-2H3/t24-,25?/m0/s1. The van der Waals surface area contributed by atoms with Gasteiger partial charge in [-0.15, -0.1) is 0 Å². The minimum atomic E-state index is -0.379. The van der Waals surface area contributed by atoms with Crippen LogP contribution in [0.1, 0.15) is 36.5 Å². The van der Waals surface area contributed by atoms with Gasteiger partial charge in [0.2, 0.25) is 0 Å². The molecule has 0 aromatic heterocycles. The van der Waals surface area contributed by atoms with Gasteiger partial charge in [-0.1, -0.05) is 18.2 Å². The number of morpholine rings is 1. The number of esters is 1. The second-order valence-corrected chi connectivity index (χ2v) is 9.18. The maximum Gasteiger partial charge on any atom is 0.323 e. The highest BCUT2D eigenvalue weighted by atomic mass is 16.5. The van der Waals surface area contributed by atoms with Gasteiger partial charge in [-0.3, -0.25) is 9.69 Å². The molecule has 8 heteroatoms. The Kier molecular flexibility index (Phi) is 9.84. The minimum absolute atomic E-state index is 0.191. The van der Waals surface area contributed by atoms with Crippen LogP contribution in [-0.2, 0) is 20.7 Å². The Hall–Kier alpha value is -2.81. The van der Waals surface area contributed by atoms with Gasteiger partial charge in [0.25, 0.3) is 0 Å². The molecule has 2 aromatic carbocycles. The number of nitrogens with zero attached hydrogens (tertiary/aromatic N) is 1. The molecule has 2 aromatic rings. The molecule has 2 heterocycles. The van der Waals surface area contributed by atoms with E-state index in [9.17, 15) is 4.79 Å². The fourth-order valence-electron chi connectivity index (χ4n) is 4.66. The highest BCUT2D eigenvalue weighted by Gasteiger charge is 2.27. The highest BCUT2D eigenvalue weighted by Crippen LogP contribution is 2.31. The number of nitrogens with one attached hydrogen (secondary N) is 1. The molecule has 0 radical (unpaired) electrons. The zero-order valence-corrected chi connectivity index (χ0v) is 21.4. The number of benzene rings is 2. The fourth-order valence-corrected chi connectivity index (χ4v) is 4.66. The number of methoxy groups -OCH3 is 2. The van der Waals surface area contributed by atoms with Crippen molar-refractivity contribution in [2.45, 2.75) is 37.8 Å². The molecule has 196 valence electrons. The molecule has 0 amide bonds. The largest absolute Gasteiger partial charge is 0.493 e. The summed E-state index contributed by atoms with van der Waals surface area (Å²) in [5, 5.41) is 3.24. The van der Waals surface area contributed by atoms with Crippen LogP contribution in [0.15, 0.2) is 42.5 Å². The van der Waals surface area contributed by atoms with E-state index in [1.54, 1.807) is 14.2 Å². The smallest absolute Gasteiger partial charge is 0.323 e. The summed E-state index contributed by atoms with van der Waals surface area (Å²) in [5.74, 6) is 1.98. The molecule has 0 saturated carbocycles. The lowest BCUT2D eigenvalue weighted by molar-refractivity contribution is -0.152. The van der Waals surface area contributed by atoms with Gasteiger partial charge in [-0.05, 0) is 67.6 Å². The molecule has 2 atom stereocenters. The number of carbonyl (C=O) groups excluding carboxylic acids is 1. The molecular weight excluding hydrogens is 460 g/mol. The van der Waals surface area contributed by atoms with Gasteiger partial charge in [0.1, 0.15) is 24.5 Å². The molecule has 2 aliphatic heterocycles. The van der Waals surface area contributed by atoms with Crippen LogP contribution >= 0.6 is 0 Å². The van der Waals surface area contributed by atoms with Crippen molar-refractivity contribution in [1.82, 2.24) is 10.2 Å². The third-order valence-electron chi connectivity index (χ3n) is 6.76. The first-order valence-corrected chi connectivity index (χ1v) is 12.8. The van der Waals surface area contributed by atoms with E-state index in [-0.39, 0.29) is 18.1 Å². The van der Waals surface area contributed by atoms with E-state index in [0.29, 0.717) is 24.5 Å².